The molecule has 0 saturated carbocycles. The monoisotopic (exact) mass is 379 g/mol. The van der Waals surface area contributed by atoms with Crippen molar-refractivity contribution < 1.29 is 9.59 Å². The number of aryl methyl sites for hydroxylation is 2. The number of likely N-dealkylation sites (tertiary alicyclic amines) is 1. The van der Waals surface area contributed by atoms with Crippen molar-refractivity contribution in [2.75, 3.05) is 11.9 Å². The molecule has 1 N–H and O–H groups in total. The van der Waals surface area contributed by atoms with Crippen molar-refractivity contribution in [1.29, 1.82) is 0 Å². The van der Waals surface area contributed by atoms with Gasteiger partial charge in [0, 0.05) is 31.7 Å². The second-order valence-electron chi connectivity index (χ2n) is 7.70. The number of fused-ring (bicyclic) bond motifs is 1. The first-order chi connectivity index (χ1) is 13.6. The second kappa shape index (κ2) is 7.62. The van der Waals surface area contributed by atoms with E-state index >= 15 is 0 Å². The summed E-state index contributed by atoms with van der Waals surface area (Å²) in [5.41, 5.74) is 2.47. The first-order valence-corrected chi connectivity index (χ1v) is 9.91. The van der Waals surface area contributed by atoms with Gasteiger partial charge in [-0.25, -0.2) is 0 Å². The largest absolute Gasteiger partial charge is 0.331 e. The molecular weight excluding hydrogens is 354 g/mol. The molecule has 2 amide bonds. The normalized spacial score (nSPS) is 21.2. The molecule has 2 heterocycles. The maximum atomic E-state index is 12.9. The summed E-state index contributed by atoms with van der Waals surface area (Å²) in [6.07, 6.45) is 6.63. The van der Waals surface area contributed by atoms with Crippen molar-refractivity contribution >= 4 is 17.5 Å². The van der Waals surface area contributed by atoms with Crippen LogP contribution >= 0.6 is 0 Å². The molecule has 146 valence electrons. The number of nitrogens with zero attached hydrogens (tertiary/aromatic N) is 2. The predicted molar refractivity (Wildman–Crippen MR) is 107 cm³/mol. The number of anilines is 1. The van der Waals surface area contributed by atoms with Crippen LogP contribution in [0.2, 0.25) is 0 Å². The standard InChI is InChI=1S/C22H25N3O3/c1-24-13-5-11-18(21(24)27)23-20(26)22(28)25-14-6-12-19(25)17-10-4-8-15-7-2-3-9-16(15)17/h2-3,5,7,9,11,13,17,19H,4,6,8,10,12,14H2,1H3,(H,23,26). The lowest BCUT2D eigenvalue weighted by Gasteiger charge is -2.35. The lowest BCUT2D eigenvalue weighted by Crippen LogP contribution is -2.45. The summed E-state index contributed by atoms with van der Waals surface area (Å²) < 4.78 is 1.37. The van der Waals surface area contributed by atoms with Gasteiger partial charge < -0.3 is 14.8 Å². The van der Waals surface area contributed by atoms with Gasteiger partial charge in [0.25, 0.3) is 5.56 Å². The van der Waals surface area contributed by atoms with Crippen LogP contribution in [0.5, 0.6) is 0 Å². The Bertz CT molecular complexity index is 965. The van der Waals surface area contributed by atoms with E-state index in [1.54, 1.807) is 24.2 Å². The number of benzene rings is 1. The van der Waals surface area contributed by atoms with Crippen molar-refractivity contribution in [3.05, 3.63) is 64.1 Å². The van der Waals surface area contributed by atoms with Gasteiger partial charge in [-0.15, -0.1) is 0 Å². The number of hydrogen-bond acceptors (Lipinski definition) is 3. The van der Waals surface area contributed by atoms with Crippen LogP contribution in [0.1, 0.15) is 42.7 Å². The van der Waals surface area contributed by atoms with Crippen LogP contribution in [0.3, 0.4) is 0 Å². The minimum absolute atomic E-state index is 0.0401. The number of aromatic nitrogens is 1. The molecule has 2 aromatic rings. The van der Waals surface area contributed by atoms with Crippen LogP contribution < -0.4 is 10.9 Å². The zero-order valence-electron chi connectivity index (χ0n) is 16.1. The Morgan fingerprint density at radius 2 is 1.89 bits per heavy atom. The molecule has 2 atom stereocenters. The maximum Gasteiger partial charge on any atom is 0.314 e. The summed E-state index contributed by atoms with van der Waals surface area (Å²) in [6, 6.07) is 11.7. The molecule has 6 nitrogen and oxygen atoms in total. The summed E-state index contributed by atoms with van der Waals surface area (Å²) in [5, 5.41) is 2.51. The van der Waals surface area contributed by atoms with E-state index in [-0.39, 0.29) is 23.2 Å². The second-order valence-corrected chi connectivity index (χ2v) is 7.70. The van der Waals surface area contributed by atoms with E-state index in [1.807, 2.05) is 0 Å². The topological polar surface area (TPSA) is 71.4 Å². The zero-order chi connectivity index (χ0) is 19.7. The molecule has 1 aliphatic heterocycles. The number of rotatable bonds is 2. The molecule has 4 rings (SSSR count). The van der Waals surface area contributed by atoms with Crippen LogP contribution in [0.4, 0.5) is 5.69 Å². The van der Waals surface area contributed by atoms with Gasteiger partial charge in [-0.05, 0) is 55.4 Å². The molecule has 1 aromatic carbocycles. The Kier molecular flexibility index (Phi) is 5.03. The Morgan fingerprint density at radius 3 is 2.75 bits per heavy atom. The van der Waals surface area contributed by atoms with Crippen molar-refractivity contribution in [2.45, 2.75) is 44.1 Å². The third-order valence-electron chi connectivity index (χ3n) is 6.01. The zero-order valence-corrected chi connectivity index (χ0v) is 16.1. The van der Waals surface area contributed by atoms with Gasteiger partial charge >= 0.3 is 11.8 Å². The molecule has 1 saturated heterocycles. The number of nitrogens with one attached hydrogen (secondary N) is 1. The summed E-state index contributed by atoms with van der Waals surface area (Å²) in [7, 11) is 1.61. The molecular formula is C22H25N3O3. The summed E-state index contributed by atoms with van der Waals surface area (Å²) in [5.74, 6) is -1.01. The molecule has 2 unspecified atom stereocenters. The summed E-state index contributed by atoms with van der Waals surface area (Å²) in [6.45, 7) is 0.586. The van der Waals surface area contributed by atoms with Gasteiger partial charge in [-0.2, -0.15) is 0 Å². The van der Waals surface area contributed by atoms with E-state index in [4.69, 9.17) is 0 Å². The fourth-order valence-electron chi connectivity index (χ4n) is 4.65. The highest BCUT2D eigenvalue weighted by Gasteiger charge is 2.39. The minimum atomic E-state index is -0.737. The molecule has 0 spiro atoms. The van der Waals surface area contributed by atoms with E-state index in [2.05, 4.69) is 29.6 Å². The third-order valence-corrected chi connectivity index (χ3v) is 6.01. The number of pyridine rings is 1. The highest BCUT2D eigenvalue weighted by atomic mass is 16.2. The Morgan fingerprint density at radius 1 is 1.07 bits per heavy atom. The quantitative estimate of drug-likeness (QED) is 0.815. The van der Waals surface area contributed by atoms with Crippen LogP contribution in [0.15, 0.2) is 47.4 Å². The number of amides is 2. The molecule has 1 fully saturated rings. The van der Waals surface area contributed by atoms with Gasteiger partial charge in [-0.3, -0.25) is 14.4 Å². The Hall–Kier alpha value is -2.89. The van der Waals surface area contributed by atoms with Crippen LogP contribution in [0, 0.1) is 0 Å². The first kappa shape index (κ1) is 18.5. The van der Waals surface area contributed by atoms with Gasteiger partial charge in [0.05, 0.1) is 0 Å². The number of carbonyl (C=O) groups excluding carboxylic acids is 2. The van der Waals surface area contributed by atoms with Gasteiger partial charge in [0.1, 0.15) is 5.69 Å². The van der Waals surface area contributed by atoms with Gasteiger partial charge in [0.15, 0.2) is 0 Å². The average Bonchev–Trinajstić information content (AvgIpc) is 3.20. The van der Waals surface area contributed by atoms with Crippen LogP contribution in [0.25, 0.3) is 0 Å². The van der Waals surface area contributed by atoms with Crippen molar-refractivity contribution in [3.8, 4) is 0 Å². The van der Waals surface area contributed by atoms with Crippen LogP contribution in [-0.2, 0) is 23.1 Å². The molecule has 2 aliphatic rings. The molecule has 1 aromatic heterocycles. The van der Waals surface area contributed by atoms with E-state index in [0.29, 0.717) is 6.54 Å². The van der Waals surface area contributed by atoms with Crippen molar-refractivity contribution in [2.24, 2.45) is 7.05 Å². The first-order valence-electron chi connectivity index (χ1n) is 9.91. The van der Waals surface area contributed by atoms with Crippen molar-refractivity contribution in [1.82, 2.24) is 9.47 Å². The number of hydrogen-bond donors (Lipinski definition) is 1. The van der Waals surface area contributed by atoms with E-state index in [1.165, 1.54) is 21.8 Å². The maximum absolute atomic E-state index is 12.9. The fourth-order valence-corrected chi connectivity index (χ4v) is 4.65. The Balaban J connectivity index is 1.54. The van der Waals surface area contributed by atoms with E-state index < -0.39 is 11.8 Å². The molecule has 28 heavy (non-hydrogen) atoms. The van der Waals surface area contributed by atoms with Crippen LogP contribution in [-0.4, -0.2) is 33.9 Å². The minimum Gasteiger partial charge on any atom is -0.331 e. The Labute approximate surface area is 164 Å². The van der Waals surface area contributed by atoms with Gasteiger partial charge in [-0.1, -0.05) is 24.3 Å². The molecule has 0 bridgehead atoms. The molecule has 0 radical (unpaired) electrons. The highest BCUT2D eigenvalue weighted by Crippen LogP contribution is 2.39. The summed E-state index contributed by atoms with van der Waals surface area (Å²) in [4.78, 5) is 39.3. The van der Waals surface area contributed by atoms with Crippen molar-refractivity contribution in [3.63, 3.8) is 0 Å². The molecule has 6 heteroatoms. The lowest BCUT2D eigenvalue weighted by molar-refractivity contribution is -0.144. The lowest BCUT2D eigenvalue weighted by atomic mass is 9.78. The molecule has 1 aliphatic carbocycles. The van der Waals surface area contributed by atoms with Gasteiger partial charge in [0.2, 0.25) is 0 Å². The van der Waals surface area contributed by atoms with E-state index in [9.17, 15) is 14.4 Å². The third kappa shape index (κ3) is 3.35. The highest BCUT2D eigenvalue weighted by molar-refractivity contribution is 6.39. The smallest absolute Gasteiger partial charge is 0.314 e. The average molecular weight is 379 g/mol. The predicted octanol–water partition coefficient (Wildman–Crippen LogP) is 2.43. The number of carbonyl (C=O) groups is 2. The fraction of sp³-hybridized carbons (Fsp3) is 0.409. The van der Waals surface area contributed by atoms with E-state index in [0.717, 1.165) is 32.1 Å². The SMILES string of the molecule is Cn1cccc(NC(=O)C(=O)N2CCCC2C2CCCc3ccccc32)c1=O. The summed E-state index contributed by atoms with van der Waals surface area (Å²) >= 11 is 0.